The minimum Gasteiger partial charge on any atom is -0.450 e. The monoisotopic (exact) mass is 467 g/mol. The summed E-state index contributed by atoms with van der Waals surface area (Å²) in [5.74, 6) is -0.480. The van der Waals surface area contributed by atoms with Crippen LogP contribution >= 0.6 is 23.1 Å². The molecule has 0 radical (unpaired) electrons. The van der Waals surface area contributed by atoms with Crippen LogP contribution in [0.3, 0.4) is 0 Å². The third kappa shape index (κ3) is 6.14. The number of thioether (sulfide) groups is 1. The Hall–Kier alpha value is -2.73. The molecule has 1 aliphatic heterocycles. The van der Waals surface area contributed by atoms with E-state index in [1.807, 2.05) is 4.90 Å². The highest BCUT2D eigenvalue weighted by molar-refractivity contribution is 8.01. The zero-order chi connectivity index (χ0) is 22.4. The number of hydrogen-bond donors (Lipinski definition) is 1. The van der Waals surface area contributed by atoms with Gasteiger partial charge in [-0.1, -0.05) is 23.1 Å². The molecule has 31 heavy (non-hydrogen) atoms. The number of aromatic nitrogens is 2. The lowest BCUT2D eigenvalue weighted by atomic mass is 10.1. The number of Topliss-reactive ketones (excluding diaryl/α,β-unsaturated/α-hetero) is 1. The molecule has 3 rings (SSSR count). The second-order valence-corrected chi connectivity index (χ2v) is 8.80. The van der Waals surface area contributed by atoms with Crippen molar-refractivity contribution in [3.63, 3.8) is 0 Å². The lowest BCUT2D eigenvalue weighted by Crippen LogP contribution is -2.49. The van der Waals surface area contributed by atoms with Gasteiger partial charge in [-0.15, -0.1) is 10.2 Å². The molecule has 0 bridgehead atoms. The standard InChI is InChI=1S/C19H22FN5O4S2/c1-3-29-18(28)21-17-22-23-19(31-17)30-11-16(27)25-8-6-24(7-9-25)15-5-4-13(12(2)26)10-14(15)20/h4-5,10H,3,6-9,11H2,1-2H3,(H,21,22,28). The number of carbonyl (C=O) groups is 3. The zero-order valence-electron chi connectivity index (χ0n) is 17.1. The van der Waals surface area contributed by atoms with Crippen molar-refractivity contribution in [3.8, 4) is 0 Å². The molecule has 2 heterocycles. The van der Waals surface area contributed by atoms with E-state index in [9.17, 15) is 18.8 Å². The minimum atomic E-state index is -0.600. The smallest absolute Gasteiger partial charge is 0.413 e. The average molecular weight is 468 g/mol. The fraction of sp³-hybridized carbons (Fsp3) is 0.421. The molecule has 1 saturated heterocycles. The molecule has 12 heteroatoms. The highest BCUT2D eigenvalue weighted by Gasteiger charge is 2.23. The highest BCUT2D eigenvalue weighted by atomic mass is 32.2. The quantitative estimate of drug-likeness (QED) is 0.377. The van der Waals surface area contributed by atoms with Gasteiger partial charge in [0, 0.05) is 31.7 Å². The molecule has 0 saturated carbocycles. The minimum absolute atomic E-state index is 0.0489. The molecule has 2 amide bonds. The molecule has 0 aliphatic carbocycles. The first-order valence-corrected chi connectivity index (χ1v) is 11.4. The summed E-state index contributed by atoms with van der Waals surface area (Å²) in [6, 6.07) is 4.47. The Kier molecular flexibility index (Phi) is 7.80. The van der Waals surface area contributed by atoms with Crippen LogP contribution in [0.1, 0.15) is 24.2 Å². The van der Waals surface area contributed by atoms with Gasteiger partial charge >= 0.3 is 6.09 Å². The number of anilines is 2. The molecule has 1 aliphatic rings. The molecular weight excluding hydrogens is 445 g/mol. The summed E-state index contributed by atoms with van der Waals surface area (Å²) >= 11 is 2.41. The predicted molar refractivity (Wildman–Crippen MR) is 116 cm³/mol. The fourth-order valence-electron chi connectivity index (χ4n) is 2.97. The van der Waals surface area contributed by atoms with Crippen LogP contribution in [0.5, 0.6) is 0 Å². The van der Waals surface area contributed by atoms with Crippen molar-refractivity contribution < 1.29 is 23.5 Å². The van der Waals surface area contributed by atoms with E-state index in [0.717, 1.165) is 11.3 Å². The first kappa shape index (κ1) is 22.9. The molecule has 2 aromatic rings. The number of nitrogens with zero attached hydrogens (tertiary/aromatic N) is 4. The van der Waals surface area contributed by atoms with E-state index in [-0.39, 0.29) is 24.1 Å². The van der Waals surface area contributed by atoms with Crippen LogP contribution in [-0.2, 0) is 9.53 Å². The van der Waals surface area contributed by atoms with Crippen molar-refractivity contribution in [3.05, 3.63) is 29.6 Å². The number of benzene rings is 1. The normalized spacial score (nSPS) is 13.8. The van der Waals surface area contributed by atoms with Gasteiger partial charge in [0.1, 0.15) is 5.82 Å². The third-order valence-electron chi connectivity index (χ3n) is 4.54. The van der Waals surface area contributed by atoms with Crippen molar-refractivity contribution in [1.29, 1.82) is 0 Å². The van der Waals surface area contributed by atoms with Crippen molar-refractivity contribution in [2.45, 2.75) is 18.2 Å². The predicted octanol–water partition coefficient (Wildman–Crippen LogP) is 2.89. The van der Waals surface area contributed by atoms with Gasteiger partial charge in [0.2, 0.25) is 11.0 Å². The van der Waals surface area contributed by atoms with Gasteiger partial charge in [0.15, 0.2) is 10.1 Å². The van der Waals surface area contributed by atoms with E-state index in [4.69, 9.17) is 4.74 Å². The SMILES string of the molecule is CCOC(=O)Nc1nnc(SCC(=O)N2CCN(c3ccc(C(C)=O)cc3F)CC2)s1. The zero-order valence-corrected chi connectivity index (χ0v) is 18.7. The maximum absolute atomic E-state index is 14.4. The molecule has 1 fully saturated rings. The molecule has 0 unspecified atom stereocenters. The molecule has 166 valence electrons. The van der Waals surface area contributed by atoms with Gasteiger partial charge in [0.25, 0.3) is 0 Å². The van der Waals surface area contributed by atoms with Crippen molar-refractivity contribution >= 4 is 51.7 Å². The van der Waals surface area contributed by atoms with Crippen molar-refractivity contribution in [2.75, 3.05) is 48.8 Å². The number of piperazine rings is 1. The Morgan fingerprint density at radius 2 is 1.97 bits per heavy atom. The van der Waals surface area contributed by atoms with Gasteiger partial charge in [-0.3, -0.25) is 14.9 Å². The Balaban J connectivity index is 1.47. The van der Waals surface area contributed by atoms with Crippen LogP contribution in [0.15, 0.2) is 22.5 Å². The number of ketones is 1. The second kappa shape index (κ2) is 10.5. The summed E-state index contributed by atoms with van der Waals surface area (Å²) in [7, 11) is 0. The van der Waals surface area contributed by atoms with Crippen LogP contribution in [0.25, 0.3) is 0 Å². The number of halogens is 1. The Bertz CT molecular complexity index is 963. The molecule has 1 aromatic carbocycles. The Morgan fingerprint density at radius 1 is 1.23 bits per heavy atom. The number of hydrogen-bond acceptors (Lipinski definition) is 9. The summed E-state index contributed by atoms with van der Waals surface area (Å²) in [4.78, 5) is 38.9. The lowest BCUT2D eigenvalue weighted by Gasteiger charge is -2.36. The Morgan fingerprint density at radius 3 is 2.61 bits per heavy atom. The van der Waals surface area contributed by atoms with Gasteiger partial charge < -0.3 is 14.5 Å². The number of carbonyl (C=O) groups excluding carboxylic acids is 3. The van der Waals surface area contributed by atoms with Crippen LogP contribution in [-0.4, -0.2) is 71.4 Å². The van der Waals surface area contributed by atoms with Crippen LogP contribution in [0.4, 0.5) is 20.0 Å². The summed E-state index contributed by atoms with van der Waals surface area (Å²) in [5.41, 5.74) is 0.770. The molecular formula is C19H22FN5O4S2. The topological polar surface area (TPSA) is 105 Å². The van der Waals surface area contributed by atoms with Crippen LogP contribution in [0, 0.1) is 5.82 Å². The molecule has 1 aromatic heterocycles. The summed E-state index contributed by atoms with van der Waals surface area (Å²) in [5, 5.41) is 10.6. The number of rotatable bonds is 7. The molecule has 0 spiro atoms. The number of nitrogens with one attached hydrogen (secondary N) is 1. The summed E-state index contributed by atoms with van der Waals surface area (Å²) in [6.07, 6.45) is -0.600. The number of amides is 2. The first-order chi connectivity index (χ1) is 14.9. The van der Waals surface area contributed by atoms with Gasteiger partial charge in [0.05, 0.1) is 18.0 Å². The first-order valence-electron chi connectivity index (χ1n) is 9.60. The highest BCUT2D eigenvalue weighted by Crippen LogP contribution is 2.26. The fourth-order valence-corrected chi connectivity index (χ4v) is 4.61. The summed E-state index contributed by atoms with van der Waals surface area (Å²) < 4.78 is 19.7. The maximum Gasteiger partial charge on any atom is 0.413 e. The van der Waals surface area contributed by atoms with Crippen molar-refractivity contribution in [1.82, 2.24) is 15.1 Å². The second-order valence-electron chi connectivity index (χ2n) is 6.60. The van der Waals surface area contributed by atoms with Gasteiger partial charge in [-0.2, -0.15) is 0 Å². The van der Waals surface area contributed by atoms with Crippen LogP contribution in [0.2, 0.25) is 0 Å². The number of ether oxygens (including phenoxy) is 1. The molecule has 0 atom stereocenters. The summed E-state index contributed by atoms with van der Waals surface area (Å²) in [6.45, 7) is 5.30. The van der Waals surface area contributed by atoms with E-state index in [1.54, 1.807) is 24.0 Å². The third-order valence-corrected chi connectivity index (χ3v) is 6.49. The van der Waals surface area contributed by atoms with E-state index in [2.05, 4.69) is 15.5 Å². The molecule has 9 nitrogen and oxygen atoms in total. The average Bonchev–Trinajstić information content (AvgIpc) is 3.19. The largest absolute Gasteiger partial charge is 0.450 e. The van der Waals surface area contributed by atoms with Crippen molar-refractivity contribution in [2.24, 2.45) is 0 Å². The molecule has 1 N–H and O–H groups in total. The van der Waals surface area contributed by atoms with Gasteiger partial charge in [-0.05, 0) is 32.0 Å². The van der Waals surface area contributed by atoms with E-state index in [0.29, 0.717) is 46.9 Å². The lowest BCUT2D eigenvalue weighted by molar-refractivity contribution is -0.128. The maximum atomic E-state index is 14.4. The van der Waals surface area contributed by atoms with E-state index in [1.165, 1.54) is 24.8 Å². The van der Waals surface area contributed by atoms with Gasteiger partial charge in [-0.25, -0.2) is 9.18 Å². The van der Waals surface area contributed by atoms with E-state index >= 15 is 0 Å². The Labute approximate surface area is 187 Å². The van der Waals surface area contributed by atoms with E-state index < -0.39 is 11.9 Å². The van der Waals surface area contributed by atoms with Crippen LogP contribution < -0.4 is 10.2 Å².